The van der Waals surface area contributed by atoms with Crippen LogP contribution in [0.2, 0.25) is 5.02 Å². The Kier molecular flexibility index (Phi) is 5.46. The fourth-order valence-corrected chi connectivity index (χ4v) is 4.32. The van der Waals surface area contributed by atoms with E-state index in [0.717, 1.165) is 18.0 Å². The van der Waals surface area contributed by atoms with Crippen molar-refractivity contribution >= 4 is 34.5 Å². The number of anilines is 1. The van der Waals surface area contributed by atoms with Crippen LogP contribution >= 0.6 is 11.6 Å². The van der Waals surface area contributed by atoms with Crippen LogP contribution in [0.25, 0.3) is 22.4 Å². The van der Waals surface area contributed by atoms with Gasteiger partial charge in [-0.2, -0.15) is 0 Å². The Morgan fingerprint density at radius 3 is 2.93 bits per heavy atom. The first-order valence-electron chi connectivity index (χ1n) is 9.76. The monoisotopic (exact) mass is 432 g/mol. The molecule has 4 heterocycles. The summed E-state index contributed by atoms with van der Waals surface area (Å²) in [5, 5.41) is 13.9. The summed E-state index contributed by atoms with van der Waals surface area (Å²) in [6.07, 6.45) is 4.80. The van der Waals surface area contributed by atoms with Gasteiger partial charge in [0.25, 0.3) is 0 Å². The molecule has 1 aliphatic rings. The molecule has 1 amide bonds. The highest BCUT2D eigenvalue weighted by molar-refractivity contribution is 6.31. The number of likely N-dealkylation sites (tertiary alicyclic amines) is 1. The number of nitrogens with one attached hydrogen (secondary N) is 2. The number of H-pyrrole nitrogens is 1. The number of halogens is 2. The number of aromatic amines is 1. The van der Waals surface area contributed by atoms with E-state index in [-0.39, 0.29) is 23.8 Å². The molecule has 3 aromatic rings. The second-order valence-electron chi connectivity index (χ2n) is 7.75. The number of nitrogens with zero attached hydrogens (tertiary/aromatic N) is 4. The average Bonchev–Trinajstić information content (AvgIpc) is 3.12. The molecule has 0 saturated carbocycles. The Morgan fingerprint density at radius 1 is 1.40 bits per heavy atom. The Balaban J connectivity index is 1.68. The molecule has 1 aliphatic heterocycles. The van der Waals surface area contributed by atoms with Gasteiger partial charge in [0.05, 0.1) is 17.3 Å². The van der Waals surface area contributed by atoms with Crippen LogP contribution < -0.4 is 5.32 Å². The van der Waals surface area contributed by atoms with Gasteiger partial charge in [-0.25, -0.2) is 24.1 Å². The van der Waals surface area contributed by atoms with Gasteiger partial charge in [-0.3, -0.25) is 0 Å². The zero-order chi connectivity index (χ0) is 21.4. The molecule has 2 unspecified atom stereocenters. The van der Waals surface area contributed by atoms with Gasteiger partial charge in [-0.15, -0.1) is 0 Å². The van der Waals surface area contributed by atoms with Crippen molar-refractivity contribution in [3.63, 3.8) is 0 Å². The number of amides is 1. The average molecular weight is 433 g/mol. The number of piperidine rings is 1. The number of carbonyl (C=O) groups is 1. The molecule has 3 N–H and O–H groups in total. The van der Waals surface area contributed by atoms with E-state index in [9.17, 15) is 14.3 Å². The lowest BCUT2D eigenvalue weighted by molar-refractivity contribution is 0.0826. The van der Waals surface area contributed by atoms with Crippen molar-refractivity contribution in [3.8, 4) is 11.4 Å². The van der Waals surface area contributed by atoms with E-state index in [1.165, 1.54) is 11.1 Å². The molecule has 0 radical (unpaired) electrons. The number of fused-ring (bicyclic) bond motifs is 1. The van der Waals surface area contributed by atoms with Gasteiger partial charge in [0.15, 0.2) is 17.5 Å². The molecular weight excluding hydrogens is 411 g/mol. The van der Waals surface area contributed by atoms with Crippen molar-refractivity contribution in [3.05, 3.63) is 35.5 Å². The number of hydrogen-bond donors (Lipinski definition) is 3. The Bertz CT molecular complexity index is 1090. The van der Waals surface area contributed by atoms with Crippen LogP contribution in [-0.2, 0) is 0 Å². The van der Waals surface area contributed by atoms with Crippen LogP contribution in [0, 0.1) is 11.7 Å². The van der Waals surface area contributed by atoms with Crippen molar-refractivity contribution < 1.29 is 14.3 Å². The second-order valence-corrected chi connectivity index (χ2v) is 8.18. The fraction of sp³-hybridized carbons (Fsp3) is 0.400. The smallest absolute Gasteiger partial charge is 0.407 e. The van der Waals surface area contributed by atoms with Crippen LogP contribution in [0.5, 0.6) is 0 Å². The summed E-state index contributed by atoms with van der Waals surface area (Å²) < 4.78 is 14.6. The van der Waals surface area contributed by atoms with E-state index in [1.807, 2.05) is 13.8 Å². The lowest BCUT2D eigenvalue weighted by Gasteiger charge is -2.42. The highest BCUT2D eigenvalue weighted by Crippen LogP contribution is 2.30. The summed E-state index contributed by atoms with van der Waals surface area (Å²) in [6, 6.07) is 1.20. The Hall–Kier alpha value is -2.94. The van der Waals surface area contributed by atoms with E-state index in [0.29, 0.717) is 35.0 Å². The largest absolute Gasteiger partial charge is 0.465 e. The van der Waals surface area contributed by atoms with Crippen LogP contribution in [-0.4, -0.2) is 54.7 Å². The Morgan fingerprint density at radius 2 is 2.20 bits per heavy atom. The maximum absolute atomic E-state index is 14.6. The van der Waals surface area contributed by atoms with Gasteiger partial charge in [-0.05, 0) is 24.8 Å². The standard InChI is InChI=1S/C20H22ClFN6O2/c1-10(2)16-15(4-3-5-28(16)20(29)30)26-19-14(22)9-25-18(27-19)13-8-24-17-12(13)6-11(21)7-23-17/h6-10,15-16H,3-5H2,1-2H3,(H,23,24)(H,29,30)(H,25,26,27). The van der Waals surface area contributed by atoms with Crippen molar-refractivity contribution in [2.45, 2.75) is 38.8 Å². The maximum Gasteiger partial charge on any atom is 0.407 e. The minimum absolute atomic E-state index is 0.0484. The quantitative estimate of drug-likeness (QED) is 0.564. The van der Waals surface area contributed by atoms with Crippen LogP contribution in [0.15, 0.2) is 24.7 Å². The summed E-state index contributed by atoms with van der Waals surface area (Å²) in [4.78, 5) is 28.9. The number of hydrogen-bond acceptors (Lipinski definition) is 5. The Labute approximate surface area is 177 Å². The minimum atomic E-state index is -0.966. The molecule has 0 bridgehead atoms. The molecule has 0 aliphatic carbocycles. The van der Waals surface area contributed by atoms with E-state index in [4.69, 9.17) is 11.6 Å². The minimum Gasteiger partial charge on any atom is -0.465 e. The molecule has 3 aromatic heterocycles. The van der Waals surface area contributed by atoms with E-state index >= 15 is 0 Å². The van der Waals surface area contributed by atoms with Crippen LogP contribution in [0.3, 0.4) is 0 Å². The third-order valence-corrected chi connectivity index (χ3v) is 5.63. The summed E-state index contributed by atoms with van der Waals surface area (Å²) in [7, 11) is 0. The third kappa shape index (κ3) is 3.77. The highest BCUT2D eigenvalue weighted by atomic mass is 35.5. The number of aromatic nitrogens is 4. The van der Waals surface area contributed by atoms with Crippen molar-refractivity contribution in [1.82, 2.24) is 24.8 Å². The molecule has 30 heavy (non-hydrogen) atoms. The topological polar surface area (TPSA) is 107 Å². The molecule has 10 heteroatoms. The molecule has 158 valence electrons. The van der Waals surface area contributed by atoms with Gasteiger partial charge < -0.3 is 20.3 Å². The molecule has 0 spiro atoms. The van der Waals surface area contributed by atoms with Gasteiger partial charge in [0.1, 0.15) is 5.65 Å². The molecule has 4 rings (SSSR count). The zero-order valence-electron chi connectivity index (χ0n) is 16.6. The summed E-state index contributed by atoms with van der Waals surface area (Å²) in [5.41, 5.74) is 1.28. The third-order valence-electron chi connectivity index (χ3n) is 5.42. The van der Waals surface area contributed by atoms with Gasteiger partial charge in [0, 0.05) is 35.9 Å². The molecule has 1 fully saturated rings. The molecule has 1 saturated heterocycles. The van der Waals surface area contributed by atoms with Crippen molar-refractivity contribution in [1.29, 1.82) is 0 Å². The predicted molar refractivity (Wildman–Crippen MR) is 112 cm³/mol. The molecular formula is C20H22ClFN6O2. The predicted octanol–water partition coefficient (Wildman–Crippen LogP) is 4.39. The highest BCUT2D eigenvalue weighted by Gasteiger charge is 2.37. The van der Waals surface area contributed by atoms with E-state index in [1.54, 1.807) is 12.3 Å². The van der Waals surface area contributed by atoms with Gasteiger partial charge >= 0.3 is 6.09 Å². The first kappa shape index (κ1) is 20.3. The van der Waals surface area contributed by atoms with E-state index in [2.05, 4.69) is 25.3 Å². The molecule has 0 aromatic carbocycles. The first-order chi connectivity index (χ1) is 14.3. The lowest BCUT2D eigenvalue weighted by atomic mass is 9.88. The normalized spacial score (nSPS) is 19.4. The molecule has 8 nitrogen and oxygen atoms in total. The van der Waals surface area contributed by atoms with Gasteiger partial charge in [0.2, 0.25) is 0 Å². The first-order valence-corrected chi connectivity index (χ1v) is 10.1. The summed E-state index contributed by atoms with van der Waals surface area (Å²) in [6.45, 7) is 4.40. The van der Waals surface area contributed by atoms with Crippen molar-refractivity contribution in [2.75, 3.05) is 11.9 Å². The van der Waals surface area contributed by atoms with Gasteiger partial charge in [-0.1, -0.05) is 25.4 Å². The van der Waals surface area contributed by atoms with Crippen molar-refractivity contribution in [2.24, 2.45) is 5.92 Å². The summed E-state index contributed by atoms with van der Waals surface area (Å²) >= 11 is 6.06. The second kappa shape index (κ2) is 8.06. The number of carboxylic acid groups (broad SMARTS) is 1. The molecule has 2 atom stereocenters. The fourth-order valence-electron chi connectivity index (χ4n) is 4.16. The zero-order valence-corrected chi connectivity index (χ0v) is 17.3. The van der Waals surface area contributed by atoms with E-state index < -0.39 is 11.9 Å². The number of pyridine rings is 1. The lowest BCUT2D eigenvalue weighted by Crippen LogP contribution is -2.55. The maximum atomic E-state index is 14.6. The van der Waals surface area contributed by atoms with Crippen LogP contribution in [0.4, 0.5) is 15.0 Å². The van der Waals surface area contributed by atoms with Crippen LogP contribution in [0.1, 0.15) is 26.7 Å². The number of rotatable bonds is 4. The summed E-state index contributed by atoms with van der Waals surface area (Å²) in [5.74, 6) is -0.164. The SMILES string of the molecule is CC(C)C1C(Nc2nc(-c3c[nH]c4ncc(Cl)cc34)ncc2F)CCCN1C(=O)O.